The lowest BCUT2D eigenvalue weighted by molar-refractivity contribution is -0.384. The van der Waals surface area contributed by atoms with Crippen LogP contribution in [0.5, 0.6) is 17.2 Å². The van der Waals surface area contributed by atoms with Gasteiger partial charge in [0.2, 0.25) is 11.6 Å². The Morgan fingerprint density at radius 2 is 1.72 bits per heavy atom. The van der Waals surface area contributed by atoms with E-state index in [-0.39, 0.29) is 28.0 Å². The molecule has 0 fully saturated rings. The Hall–Kier alpha value is -4.64. The molecule has 0 unspecified atom stereocenters. The third-order valence-electron chi connectivity index (χ3n) is 5.16. The number of amides is 1. The fourth-order valence-corrected chi connectivity index (χ4v) is 3.69. The van der Waals surface area contributed by atoms with E-state index in [0.717, 1.165) is 6.07 Å². The van der Waals surface area contributed by atoms with Crippen molar-refractivity contribution in [2.24, 2.45) is 0 Å². The maximum Gasteiger partial charge on any atom is 0.270 e. The number of carbonyl (C=O) groups is 1. The number of carbonyl (C=O) groups excluding carboxylic acids is 1. The number of ether oxygens (including phenoxy) is 3. The van der Waals surface area contributed by atoms with E-state index < -0.39 is 10.8 Å². The van der Waals surface area contributed by atoms with Crippen LogP contribution >= 0.6 is 11.6 Å². The van der Waals surface area contributed by atoms with Gasteiger partial charge in [-0.2, -0.15) is 4.98 Å². The SMILES string of the molecule is COc1cc(-c2noc(-c3ccccc3NC(=O)c3ccc([N+](=O)[O-])cc3Cl)n2)cc(OC)c1OC. The average molecular weight is 511 g/mol. The number of hydrogen-bond donors (Lipinski definition) is 1. The smallest absolute Gasteiger partial charge is 0.270 e. The van der Waals surface area contributed by atoms with Crippen LogP contribution < -0.4 is 19.5 Å². The zero-order valence-electron chi connectivity index (χ0n) is 19.3. The molecule has 4 rings (SSSR count). The summed E-state index contributed by atoms with van der Waals surface area (Å²) in [4.78, 5) is 27.7. The lowest BCUT2D eigenvalue weighted by atomic mass is 10.1. The zero-order valence-corrected chi connectivity index (χ0v) is 20.0. The maximum absolute atomic E-state index is 12.9. The number of nitrogens with one attached hydrogen (secondary N) is 1. The third kappa shape index (κ3) is 4.77. The predicted octanol–water partition coefficient (Wildman–Crippen LogP) is 5.24. The summed E-state index contributed by atoms with van der Waals surface area (Å²) in [5, 5.41) is 17.7. The van der Waals surface area contributed by atoms with Crippen LogP contribution in [0.25, 0.3) is 22.8 Å². The minimum Gasteiger partial charge on any atom is -0.493 e. The fourth-order valence-electron chi connectivity index (χ4n) is 3.43. The first-order valence-corrected chi connectivity index (χ1v) is 10.7. The molecule has 12 heteroatoms. The first-order valence-electron chi connectivity index (χ1n) is 10.3. The maximum atomic E-state index is 12.9. The van der Waals surface area contributed by atoms with Gasteiger partial charge in [-0.1, -0.05) is 28.9 Å². The predicted molar refractivity (Wildman–Crippen MR) is 131 cm³/mol. The Labute approximate surface area is 209 Å². The largest absolute Gasteiger partial charge is 0.493 e. The number of anilines is 1. The number of nitro groups is 1. The summed E-state index contributed by atoms with van der Waals surface area (Å²) in [6, 6.07) is 13.8. The second-order valence-corrected chi connectivity index (χ2v) is 7.67. The van der Waals surface area contributed by atoms with Gasteiger partial charge in [-0.25, -0.2) is 0 Å². The van der Waals surface area contributed by atoms with Crippen LogP contribution in [0.3, 0.4) is 0 Å². The van der Waals surface area contributed by atoms with Crippen LogP contribution in [-0.4, -0.2) is 42.3 Å². The van der Waals surface area contributed by atoms with Gasteiger partial charge in [-0.3, -0.25) is 14.9 Å². The number of para-hydroxylation sites is 1. The quantitative estimate of drug-likeness (QED) is 0.249. The van der Waals surface area contributed by atoms with Gasteiger partial charge in [0.05, 0.1) is 48.1 Å². The van der Waals surface area contributed by atoms with Crippen LogP contribution in [0.1, 0.15) is 10.4 Å². The molecule has 184 valence electrons. The van der Waals surface area contributed by atoms with Crippen molar-refractivity contribution in [2.45, 2.75) is 0 Å². The molecule has 0 aliphatic rings. The van der Waals surface area contributed by atoms with E-state index in [2.05, 4.69) is 15.5 Å². The molecule has 0 aliphatic carbocycles. The first-order chi connectivity index (χ1) is 17.4. The van der Waals surface area contributed by atoms with Crippen LogP contribution in [-0.2, 0) is 0 Å². The third-order valence-corrected chi connectivity index (χ3v) is 5.48. The number of hydrogen-bond acceptors (Lipinski definition) is 9. The second-order valence-electron chi connectivity index (χ2n) is 7.26. The monoisotopic (exact) mass is 510 g/mol. The standard InChI is InChI=1S/C24H19ClN4O7/c1-33-19-10-13(11-20(34-2)21(19)35-3)22-27-24(36-28-22)16-6-4-5-7-18(16)26-23(30)15-9-8-14(29(31)32)12-17(15)25/h4-12H,1-3H3,(H,26,30). The number of halogens is 1. The molecule has 1 heterocycles. The Balaban J connectivity index is 1.65. The average Bonchev–Trinajstić information content (AvgIpc) is 3.38. The summed E-state index contributed by atoms with van der Waals surface area (Å²) in [5.74, 6) is 1.10. The molecule has 0 bridgehead atoms. The summed E-state index contributed by atoms with van der Waals surface area (Å²) in [7, 11) is 4.50. The normalized spacial score (nSPS) is 10.6. The number of nitrogens with zero attached hydrogens (tertiary/aromatic N) is 3. The van der Waals surface area contributed by atoms with Gasteiger partial charge in [0.15, 0.2) is 11.5 Å². The van der Waals surface area contributed by atoms with Crippen molar-refractivity contribution in [3.63, 3.8) is 0 Å². The van der Waals surface area contributed by atoms with Gasteiger partial charge < -0.3 is 24.1 Å². The van der Waals surface area contributed by atoms with Crippen molar-refractivity contribution in [1.29, 1.82) is 0 Å². The van der Waals surface area contributed by atoms with Crippen LogP contribution in [0.4, 0.5) is 11.4 Å². The first kappa shape index (κ1) is 24.5. The van der Waals surface area contributed by atoms with Crippen LogP contribution in [0.15, 0.2) is 59.1 Å². The van der Waals surface area contributed by atoms with Crippen molar-refractivity contribution < 1.29 is 28.5 Å². The van der Waals surface area contributed by atoms with Gasteiger partial charge in [0.25, 0.3) is 17.5 Å². The van der Waals surface area contributed by atoms with Crippen molar-refractivity contribution in [3.8, 4) is 40.1 Å². The topological polar surface area (TPSA) is 139 Å². The number of aromatic nitrogens is 2. The number of methoxy groups -OCH3 is 3. The molecule has 0 atom stereocenters. The molecule has 11 nitrogen and oxygen atoms in total. The van der Waals surface area contributed by atoms with Crippen molar-refractivity contribution in [2.75, 3.05) is 26.6 Å². The molecule has 0 saturated heterocycles. The van der Waals surface area contributed by atoms with Gasteiger partial charge in [0.1, 0.15) is 0 Å². The Morgan fingerprint density at radius 3 is 2.33 bits per heavy atom. The molecule has 36 heavy (non-hydrogen) atoms. The number of nitro benzene ring substituents is 1. The van der Waals surface area contributed by atoms with E-state index >= 15 is 0 Å². The van der Waals surface area contributed by atoms with E-state index in [9.17, 15) is 14.9 Å². The molecule has 1 amide bonds. The van der Waals surface area contributed by atoms with E-state index in [1.807, 2.05) is 0 Å². The zero-order chi connectivity index (χ0) is 25.8. The summed E-state index contributed by atoms with van der Waals surface area (Å²) >= 11 is 6.10. The highest BCUT2D eigenvalue weighted by atomic mass is 35.5. The highest BCUT2D eigenvalue weighted by molar-refractivity contribution is 6.34. The van der Waals surface area contributed by atoms with Gasteiger partial charge >= 0.3 is 0 Å². The summed E-state index contributed by atoms with van der Waals surface area (Å²) in [5.41, 5.74) is 1.23. The number of rotatable bonds is 8. The van der Waals surface area contributed by atoms with Crippen LogP contribution in [0.2, 0.25) is 5.02 Å². The number of benzene rings is 3. The highest BCUT2D eigenvalue weighted by Gasteiger charge is 2.21. The number of non-ortho nitro benzene ring substituents is 1. The fraction of sp³-hybridized carbons (Fsp3) is 0.125. The molecule has 4 aromatic rings. The van der Waals surface area contributed by atoms with Gasteiger partial charge in [-0.15, -0.1) is 0 Å². The van der Waals surface area contributed by atoms with E-state index in [0.29, 0.717) is 34.1 Å². The van der Waals surface area contributed by atoms with Gasteiger partial charge in [-0.05, 0) is 30.3 Å². The second kappa shape index (κ2) is 10.3. The summed E-state index contributed by atoms with van der Waals surface area (Å²) < 4.78 is 21.6. The molecular weight excluding hydrogens is 492 g/mol. The molecule has 3 aromatic carbocycles. The van der Waals surface area contributed by atoms with Gasteiger partial charge in [0, 0.05) is 17.7 Å². The van der Waals surface area contributed by atoms with E-state index in [1.54, 1.807) is 36.4 Å². The van der Waals surface area contributed by atoms with E-state index in [4.69, 9.17) is 30.3 Å². The molecule has 1 aromatic heterocycles. The molecule has 1 N–H and O–H groups in total. The lowest BCUT2D eigenvalue weighted by Gasteiger charge is -2.12. The Morgan fingerprint density at radius 1 is 1.03 bits per heavy atom. The Kier molecular flexibility index (Phi) is 7.02. The Bertz CT molecular complexity index is 1430. The molecule has 0 saturated carbocycles. The van der Waals surface area contributed by atoms with Crippen molar-refractivity contribution in [1.82, 2.24) is 10.1 Å². The summed E-state index contributed by atoms with van der Waals surface area (Å²) in [6.45, 7) is 0. The van der Waals surface area contributed by atoms with Crippen LogP contribution in [0, 0.1) is 10.1 Å². The minimum atomic E-state index is -0.593. The van der Waals surface area contributed by atoms with Crippen molar-refractivity contribution >= 4 is 28.9 Å². The highest BCUT2D eigenvalue weighted by Crippen LogP contribution is 2.41. The molecule has 0 aliphatic heterocycles. The van der Waals surface area contributed by atoms with E-state index in [1.165, 1.54) is 33.5 Å². The summed E-state index contributed by atoms with van der Waals surface area (Å²) in [6.07, 6.45) is 0. The molecular formula is C24H19ClN4O7. The molecule has 0 radical (unpaired) electrons. The lowest BCUT2D eigenvalue weighted by Crippen LogP contribution is -2.13. The molecule has 0 spiro atoms. The van der Waals surface area contributed by atoms with Crippen molar-refractivity contribution in [3.05, 3.63) is 75.3 Å². The minimum absolute atomic E-state index is 0.0540.